The molecule has 0 atom stereocenters. The van der Waals surface area contributed by atoms with Crippen molar-refractivity contribution in [1.29, 1.82) is 0 Å². The Morgan fingerprint density at radius 1 is 0.300 bits per heavy atom. The first kappa shape index (κ1) is 24.1. The van der Waals surface area contributed by atoms with Crippen LogP contribution in [-0.2, 0) is 0 Å². The molecular formula is C40H30. The van der Waals surface area contributed by atoms with Crippen molar-refractivity contribution in [1.82, 2.24) is 0 Å². The fourth-order valence-electron chi connectivity index (χ4n) is 6.06. The maximum absolute atomic E-state index is 2.30. The minimum atomic E-state index is 1.23. The van der Waals surface area contributed by atoms with E-state index in [4.69, 9.17) is 0 Å². The van der Waals surface area contributed by atoms with Crippen molar-refractivity contribution in [3.63, 3.8) is 0 Å². The molecule has 0 saturated carbocycles. The third-order valence-electron chi connectivity index (χ3n) is 8.15. The standard InChI is InChI=1S/C40H30/c1-27-14-16-31-8-3-5-12-37(31)39(27)33-22-18-29(19-23-33)35-10-7-11-36(26-35)30-20-24-34(25-21-30)40-28(2)15-17-32-9-4-6-13-38(32)40/h3-26H,1-2H3. The smallest absolute Gasteiger partial charge is 0.00761 e. The van der Waals surface area contributed by atoms with Crippen molar-refractivity contribution in [3.8, 4) is 44.5 Å². The second-order valence-electron chi connectivity index (χ2n) is 10.7. The number of fused-ring (bicyclic) bond motifs is 2. The Balaban J connectivity index is 1.21. The summed E-state index contributed by atoms with van der Waals surface area (Å²) >= 11 is 0. The topological polar surface area (TPSA) is 0 Å². The third-order valence-corrected chi connectivity index (χ3v) is 8.15. The van der Waals surface area contributed by atoms with Crippen molar-refractivity contribution in [2.45, 2.75) is 13.8 Å². The molecule has 0 unspecified atom stereocenters. The lowest BCUT2D eigenvalue weighted by Gasteiger charge is -2.13. The van der Waals surface area contributed by atoms with E-state index in [2.05, 4.69) is 159 Å². The summed E-state index contributed by atoms with van der Waals surface area (Å²) in [6.45, 7) is 4.40. The number of benzene rings is 7. The van der Waals surface area contributed by atoms with Crippen LogP contribution < -0.4 is 0 Å². The minimum absolute atomic E-state index is 1.23. The average Bonchev–Trinajstić information content (AvgIpc) is 3.01. The lowest BCUT2D eigenvalue weighted by atomic mass is 9.91. The van der Waals surface area contributed by atoms with Crippen LogP contribution >= 0.6 is 0 Å². The summed E-state index contributed by atoms with van der Waals surface area (Å²) in [5.74, 6) is 0. The summed E-state index contributed by atoms with van der Waals surface area (Å²) in [6.07, 6.45) is 0. The van der Waals surface area contributed by atoms with E-state index in [9.17, 15) is 0 Å². The van der Waals surface area contributed by atoms with Gasteiger partial charge in [-0.15, -0.1) is 0 Å². The van der Waals surface area contributed by atoms with E-state index in [-0.39, 0.29) is 0 Å². The number of rotatable bonds is 4. The van der Waals surface area contributed by atoms with Crippen LogP contribution in [0.5, 0.6) is 0 Å². The van der Waals surface area contributed by atoms with Crippen LogP contribution in [0.1, 0.15) is 11.1 Å². The van der Waals surface area contributed by atoms with Crippen LogP contribution in [0.2, 0.25) is 0 Å². The Kier molecular flexibility index (Phi) is 6.02. The maximum atomic E-state index is 2.30. The van der Waals surface area contributed by atoms with Crippen molar-refractivity contribution < 1.29 is 0 Å². The lowest BCUT2D eigenvalue weighted by Crippen LogP contribution is -1.88. The van der Waals surface area contributed by atoms with Gasteiger partial charge in [-0.1, -0.05) is 140 Å². The Morgan fingerprint density at radius 3 is 1.15 bits per heavy atom. The molecule has 0 spiro atoms. The quantitative estimate of drug-likeness (QED) is 0.221. The zero-order chi connectivity index (χ0) is 27.1. The molecule has 0 heterocycles. The number of hydrogen-bond acceptors (Lipinski definition) is 0. The van der Waals surface area contributed by atoms with Gasteiger partial charge in [0, 0.05) is 0 Å². The average molecular weight is 511 g/mol. The van der Waals surface area contributed by atoms with Crippen LogP contribution in [0.4, 0.5) is 0 Å². The third kappa shape index (κ3) is 4.28. The second-order valence-corrected chi connectivity index (χ2v) is 10.7. The zero-order valence-electron chi connectivity index (χ0n) is 22.9. The molecule has 0 radical (unpaired) electrons. The van der Waals surface area contributed by atoms with Crippen molar-refractivity contribution in [3.05, 3.63) is 157 Å². The van der Waals surface area contributed by atoms with Gasteiger partial charge in [-0.05, 0) is 97.1 Å². The molecule has 7 rings (SSSR count). The summed E-state index contributed by atoms with van der Waals surface area (Å²) in [5, 5.41) is 5.17. The molecular weight excluding hydrogens is 480 g/mol. The van der Waals surface area contributed by atoms with Gasteiger partial charge in [-0.2, -0.15) is 0 Å². The molecule has 190 valence electrons. The molecule has 7 aromatic rings. The van der Waals surface area contributed by atoms with Gasteiger partial charge in [0.15, 0.2) is 0 Å². The van der Waals surface area contributed by atoms with E-state index in [1.54, 1.807) is 0 Å². The molecule has 0 N–H and O–H groups in total. The monoisotopic (exact) mass is 510 g/mol. The molecule has 0 nitrogen and oxygen atoms in total. The van der Waals surface area contributed by atoms with E-state index in [1.807, 2.05) is 0 Å². The molecule has 40 heavy (non-hydrogen) atoms. The highest BCUT2D eigenvalue weighted by molar-refractivity contribution is 5.99. The first-order valence-electron chi connectivity index (χ1n) is 13.9. The molecule has 0 amide bonds. The highest BCUT2D eigenvalue weighted by Crippen LogP contribution is 2.36. The van der Waals surface area contributed by atoms with Crippen LogP contribution in [0.15, 0.2) is 146 Å². The van der Waals surface area contributed by atoms with E-state index in [0.29, 0.717) is 0 Å². The van der Waals surface area contributed by atoms with Gasteiger partial charge in [-0.3, -0.25) is 0 Å². The molecule has 0 aromatic heterocycles. The molecule has 0 bridgehead atoms. The predicted octanol–water partition coefficient (Wildman–Crippen LogP) is 11.3. The molecule has 7 aromatic carbocycles. The Hall–Kier alpha value is -4.94. The lowest BCUT2D eigenvalue weighted by molar-refractivity contribution is 1.48. The second kappa shape index (κ2) is 9.98. The Morgan fingerprint density at radius 2 is 0.700 bits per heavy atom. The van der Waals surface area contributed by atoms with Crippen LogP contribution in [-0.4, -0.2) is 0 Å². The molecule has 0 aliphatic heterocycles. The van der Waals surface area contributed by atoms with Gasteiger partial charge in [-0.25, -0.2) is 0 Å². The highest BCUT2D eigenvalue weighted by atomic mass is 14.1. The van der Waals surface area contributed by atoms with Crippen LogP contribution in [0.25, 0.3) is 66.1 Å². The van der Waals surface area contributed by atoms with Gasteiger partial charge in [0.2, 0.25) is 0 Å². The van der Waals surface area contributed by atoms with Gasteiger partial charge in [0.05, 0.1) is 0 Å². The van der Waals surface area contributed by atoms with Gasteiger partial charge < -0.3 is 0 Å². The number of aryl methyl sites for hydroxylation is 2. The summed E-state index contributed by atoms with van der Waals surface area (Å²) in [5.41, 5.74) is 12.7. The largest absolute Gasteiger partial charge is 0.0616 e. The zero-order valence-corrected chi connectivity index (χ0v) is 22.9. The van der Waals surface area contributed by atoms with Crippen LogP contribution in [0, 0.1) is 13.8 Å². The summed E-state index contributed by atoms with van der Waals surface area (Å²) in [7, 11) is 0. The maximum Gasteiger partial charge on any atom is -0.00761 e. The SMILES string of the molecule is Cc1ccc2ccccc2c1-c1ccc(-c2cccc(-c3ccc(-c4c(C)ccc5ccccc45)cc3)c2)cc1. The molecule has 0 heteroatoms. The fraction of sp³-hybridized carbons (Fsp3) is 0.0500. The molecule has 0 aliphatic rings. The van der Waals surface area contributed by atoms with Crippen molar-refractivity contribution in [2.24, 2.45) is 0 Å². The first-order chi connectivity index (χ1) is 19.7. The summed E-state index contributed by atoms with van der Waals surface area (Å²) in [4.78, 5) is 0. The summed E-state index contributed by atoms with van der Waals surface area (Å²) in [6, 6.07) is 53.1. The minimum Gasteiger partial charge on any atom is -0.0616 e. The highest BCUT2D eigenvalue weighted by Gasteiger charge is 2.10. The van der Waals surface area contributed by atoms with Crippen molar-refractivity contribution >= 4 is 21.5 Å². The van der Waals surface area contributed by atoms with Gasteiger partial charge in [0.25, 0.3) is 0 Å². The number of hydrogen-bond donors (Lipinski definition) is 0. The van der Waals surface area contributed by atoms with E-state index < -0.39 is 0 Å². The molecule has 0 aliphatic carbocycles. The van der Waals surface area contributed by atoms with Gasteiger partial charge >= 0.3 is 0 Å². The molecule has 0 saturated heterocycles. The normalized spacial score (nSPS) is 11.2. The summed E-state index contributed by atoms with van der Waals surface area (Å²) < 4.78 is 0. The Bertz CT molecular complexity index is 1850. The predicted molar refractivity (Wildman–Crippen MR) is 173 cm³/mol. The first-order valence-corrected chi connectivity index (χ1v) is 13.9. The van der Waals surface area contributed by atoms with Crippen LogP contribution in [0.3, 0.4) is 0 Å². The molecule has 0 fully saturated rings. The van der Waals surface area contributed by atoms with Crippen molar-refractivity contribution in [2.75, 3.05) is 0 Å². The Labute approximate surface area is 236 Å². The fourth-order valence-corrected chi connectivity index (χ4v) is 6.06. The van der Waals surface area contributed by atoms with Gasteiger partial charge in [0.1, 0.15) is 0 Å². The van der Waals surface area contributed by atoms with E-state index >= 15 is 0 Å². The van der Waals surface area contributed by atoms with E-state index in [1.165, 1.54) is 77.2 Å². The van der Waals surface area contributed by atoms with E-state index in [0.717, 1.165) is 0 Å².